The fraction of sp³-hybridized carbons (Fsp3) is 0.917. The quantitative estimate of drug-likeness (QED) is 0.744. The Morgan fingerprint density at radius 2 is 2.00 bits per heavy atom. The summed E-state index contributed by atoms with van der Waals surface area (Å²) in [4.78, 5) is 14.0. The highest BCUT2D eigenvalue weighted by Gasteiger charge is 2.58. The first-order valence-corrected chi connectivity index (χ1v) is 6.04. The van der Waals surface area contributed by atoms with Crippen molar-refractivity contribution in [2.45, 2.75) is 39.2 Å². The van der Waals surface area contributed by atoms with Crippen LogP contribution in [0.1, 0.15) is 33.1 Å². The standard InChI is InChI=1S/C12H22N2O/c1-9(2)14(3)11(15)10-8-12(10)4-6-13-7-5-12/h9-10,13H,4-8H2,1-3H3. The second-order valence-corrected chi connectivity index (χ2v) is 5.41. The van der Waals surface area contributed by atoms with Gasteiger partial charge in [-0.15, -0.1) is 0 Å². The third-order valence-electron chi connectivity index (χ3n) is 4.21. The summed E-state index contributed by atoms with van der Waals surface area (Å²) in [5.41, 5.74) is 0.380. The third-order valence-corrected chi connectivity index (χ3v) is 4.21. The summed E-state index contributed by atoms with van der Waals surface area (Å²) in [6.07, 6.45) is 3.51. The Hall–Kier alpha value is -0.570. The first-order chi connectivity index (χ1) is 7.07. The molecule has 1 saturated carbocycles. The van der Waals surface area contributed by atoms with E-state index < -0.39 is 0 Å². The lowest BCUT2D eigenvalue weighted by atomic mass is 9.91. The van der Waals surface area contributed by atoms with Gasteiger partial charge in [-0.1, -0.05) is 0 Å². The van der Waals surface area contributed by atoms with Gasteiger partial charge < -0.3 is 10.2 Å². The van der Waals surface area contributed by atoms with E-state index >= 15 is 0 Å². The molecule has 1 N–H and O–H groups in total. The summed E-state index contributed by atoms with van der Waals surface area (Å²) in [6, 6.07) is 0.330. The Kier molecular flexibility index (Phi) is 2.75. The number of piperidine rings is 1. The summed E-state index contributed by atoms with van der Waals surface area (Å²) in [6.45, 7) is 6.34. The molecule has 0 aromatic rings. The maximum atomic E-state index is 12.1. The zero-order valence-corrected chi connectivity index (χ0v) is 10.0. The Bertz CT molecular complexity index is 256. The van der Waals surface area contributed by atoms with E-state index in [9.17, 15) is 4.79 Å². The molecule has 2 fully saturated rings. The molecular formula is C12H22N2O. The predicted octanol–water partition coefficient (Wildman–Crippen LogP) is 1.24. The number of carbonyl (C=O) groups is 1. The Balaban J connectivity index is 1.94. The van der Waals surface area contributed by atoms with Gasteiger partial charge in [-0.3, -0.25) is 4.79 Å². The van der Waals surface area contributed by atoms with Crippen molar-refractivity contribution >= 4 is 5.91 Å². The smallest absolute Gasteiger partial charge is 0.226 e. The molecule has 1 unspecified atom stereocenters. The molecule has 0 aromatic heterocycles. The van der Waals surface area contributed by atoms with Crippen molar-refractivity contribution in [1.82, 2.24) is 10.2 Å². The van der Waals surface area contributed by atoms with Gasteiger partial charge in [0.15, 0.2) is 0 Å². The van der Waals surface area contributed by atoms with E-state index in [-0.39, 0.29) is 0 Å². The maximum Gasteiger partial charge on any atom is 0.226 e. The molecular weight excluding hydrogens is 188 g/mol. The van der Waals surface area contributed by atoms with Crippen molar-refractivity contribution in [3.63, 3.8) is 0 Å². The molecule has 1 saturated heterocycles. The van der Waals surface area contributed by atoms with Crippen LogP contribution in [-0.4, -0.2) is 37.0 Å². The second kappa shape index (κ2) is 3.78. The Morgan fingerprint density at radius 1 is 1.40 bits per heavy atom. The van der Waals surface area contributed by atoms with E-state index in [1.165, 1.54) is 12.8 Å². The average Bonchev–Trinajstić information content (AvgIpc) is 2.91. The summed E-state index contributed by atoms with van der Waals surface area (Å²) < 4.78 is 0. The molecule has 3 heteroatoms. The van der Waals surface area contributed by atoms with Crippen LogP contribution < -0.4 is 5.32 Å². The molecule has 1 heterocycles. The predicted molar refractivity (Wildman–Crippen MR) is 60.5 cm³/mol. The minimum Gasteiger partial charge on any atom is -0.343 e. The molecule has 1 aliphatic carbocycles. The third kappa shape index (κ3) is 1.89. The van der Waals surface area contributed by atoms with Crippen molar-refractivity contribution in [1.29, 1.82) is 0 Å². The number of rotatable bonds is 2. The monoisotopic (exact) mass is 210 g/mol. The summed E-state index contributed by atoms with van der Waals surface area (Å²) in [7, 11) is 1.93. The van der Waals surface area contributed by atoms with Crippen LogP contribution in [-0.2, 0) is 4.79 Å². The van der Waals surface area contributed by atoms with Crippen LogP contribution >= 0.6 is 0 Å². The van der Waals surface area contributed by atoms with Gasteiger partial charge in [-0.05, 0) is 51.6 Å². The normalized spacial score (nSPS) is 28.1. The van der Waals surface area contributed by atoms with Gasteiger partial charge in [0.2, 0.25) is 5.91 Å². The fourth-order valence-electron chi connectivity index (χ4n) is 2.67. The minimum atomic E-state index is 0.326. The molecule has 1 aliphatic heterocycles. The van der Waals surface area contributed by atoms with Crippen molar-refractivity contribution in [3.05, 3.63) is 0 Å². The second-order valence-electron chi connectivity index (χ2n) is 5.41. The highest BCUT2D eigenvalue weighted by molar-refractivity contribution is 5.82. The van der Waals surface area contributed by atoms with E-state index in [4.69, 9.17) is 0 Å². The number of hydrogen-bond acceptors (Lipinski definition) is 2. The lowest BCUT2D eigenvalue weighted by Gasteiger charge is -2.26. The molecule has 2 aliphatic rings. The molecule has 0 bridgehead atoms. The number of nitrogens with zero attached hydrogens (tertiary/aromatic N) is 1. The average molecular weight is 210 g/mol. The lowest BCUT2D eigenvalue weighted by molar-refractivity contribution is -0.133. The maximum absolute atomic E-state index is 12.1. The van der Waals surface area contributed by atoms with Gasteiger partial charge in [0.25, 0.3) is 0 Å². The number of amides is 1. The van der Waals surface area contributed by atoms with E-state index in [1.54, 1.807) is 0 Å². The summed E-state index contributed by atoms with van der Waals surface area (Å²) in [5, 5.41) is 3.37. The number of hydrogen-bond donors (Lipinski definition) is 1. The van der Waals surface area contributed by atoms with Crippen LogP contribution in [0.15, 0.2) is 0 Å². The number of carbonyl (C=O) groups excluding carboxylic acids is 1. The van der Waals surface area contributed by atoms with Gasteiger partial charge in [0, 0.05) is 19.0 Å². The topological polar surface area (TPSA) is 32.3 Å². The first-order valence-electron chi connectivity index (χ1n) is 6.04. The van der Waals surface area contributed by atoms with Crippen LogP contribution in [0.4, 0.5) is 0 Å². The van der Waals surface area contributed by atoms with E-state index in [2.05, 4.69) is 19.2 Å². The van der Waals surface area contributed by atoms with Crippen LogP contribution in [0.2, 0.25) is 0 Å². The van der Waals surface area contributed by atoms with Crippen LogP contribution in [0, 0.1) is 11.3 Å². The minimum absolute atomic E-state index is 0.326. The highest BCUT2D eigenvalue weighted by atomic mass is 16.2. The van der Waals surface area contributed by atoms with Crippen LogP contribution in [0.25, 0.3) is 0 Å². The van der Waals surface area contributed by atoms with Gasteiger partial charge in [-0.2, -0.15) is 0 Å². The van der Waals surface area contributed by atoms with E-state index in [0.29, 0.717) is 23.3 Å². The molecule has 86 valence electrons. The van der Waals surface area contributed by atoms with Crippen molar-refractivity contribution in [2.24, 2.45) is 11.3 Å². The molecule has 3 nitrogen and oxygen atoms in total. The molecule has 1 spiro atoms. The number of nitrogens with one attached hydrogen (secondary N) is 1. The molecule has 0 radical (unpaired) electrons. The fourth-order valence-corrected chi connectivity index (χ4v) is 2.67. The Morgan fingerprint density at radius 3 is 2.53 bits per heavy atom. The lowest BCUT2D eigenvalue weighted by Crippen LogP contribution is -2.37. The first kappa shape index (κ1) is 10.9. The van der Waals surface area contributed by atoms with E-state index in [1.807, 2.05) is 11.9 Å². The van der Waals surface area contributed by atoms with Crippen molar-refractivity contribution in [2.75, 3.05) is 20.1 Å². The van der Waals surface area contributed by atoms with Crippen molar-refractivity contribution in [3.8, 4) is 0 Å². The molecule has 1 atom stereocenters. The molecule has 0 aromatic carbocycles. The van der Waals surface area contributed by atoms with Gasteiger partial charge in [0.05, 0.1) is 0 Å². The SMILES string of the molecule is CC(C)N(C)C(=O)C1CC12CCNCC2. The Labute approximate surface area is 92.2 Å². The van der Waals surface area contributed by atoms with E-state index in [0.717, 1.165) is 19.5 Å². The largest absolute Gasteiger partial charge is 0.343 e. The molecule has 2 rings (SSSR count). The highest BCUT2D eigenvalue weighted by Crippen LogP contribution is 2.59. The zero-order chi connectivity index (χ0) is 11.1. The van der Waals surface area contributed by atoms with Crippen LogP contribution in [0.5, 0.6) is 0 Å². The van der Waals surface area contributed by atoms with Gasteiger partial charge >= 0.3 is 0 Å². The van der Waals surface area contributed by atoms with Crippen LogP contribution in [0.3, 0.4) is 0 Å². The van der Waals surface area contributed by atoms with Gasteiger partial charge in [-0.25, -0.2) is 0 Å². The summed E-state index contributed by atoms with van der Waals surface area (Å²) >= 11 is 0. The zero-order valence-electron chi connectivity index (χ0n) is 10.0. The molecule has 1 amide bonds. The van der Waals surface area contributed by atoms with Crippen molar-refractivity contribution < 1.29 is 4.79 Å². The van der Waals surface area contributed by atoms with Gasteiger partial charge in [0.1, 0.15) is 0 Å². The molecule has 15 heavy (non-hydrogen) atoms. The summed E-state index contributed by atoms with van der Waals surface area (Å²) in [5.74, 6) is 0.693.